The quantitative estimate of drug-likeness (QED) is 0.719. The summed E-state index contributed by atoms with van der Waals surface area (Å²) in [6.07, 6.45) is 2.17. The van der Waals surface area contributed by atoms with Gasteiger partial charge >= 0.3 is 0 Å². The molecule has 2 atom stereocenters. The maximum Gasteiger partial charge on any atom is 0.0438 e. The van der Waals surface area contributed by atoms with Gasteiger partial charge in [0, 0.05) is 22.0 Å². The van der Waals surface area contributed by atoms with Gasteiger partial charge in [0.2, 0.25) is 0 Å². The number of nitrogens with zero attached hydrogens (tertiary/aromatic N) is 1. The first-order chi connectivity index (χ1) is 10.5. The molecule has 116 valence electrons. The summed E-state index contributed by atoms with van der Waals surface area (Å²) in [7, 11) is 4.31. The van der Waals surface area contributed by atoms with Gasteiger partial charge < -0.3 is 4.90 Å². The van der Waals surface area contributed by atoms with E-state index in [4.69, 9.17) is 23.2 Å². The Kier molecular flexibility index (Phi) is 4.49. The van der Waals surface area contributed by atoms with Gasteiger partial charge in [-0.2, -0.15) is 0 Å². The number of hydrogen-bond acceptors (Lipinski definition) is 1. The highest BCUT2D eigenvalue weighted by molar-refractivity contribution is 6.31. The molecule has 3 heteroatoms. The summed E-state index contributed by atoms with van der Waals surface area (Å²) in [5.74, 6) is 0.380. The Labute approximate surface area is 142 Å². The zero-order chi connectivity index (χ0) is 15.9. The molecule has 0 aromatic heterocycles. The largest absolute Gasteiger partial charge is 0.306 e. The fraction of sp³-hybridized carbons (Fsp3) is 0.368. The second-order valence-corrected chi connectivity index (χ2v) is 7.31. The zero-order valence-electron chi connectivity index (χ0n) is 13.2. The maximum absolute atomic E-state index is 6.36. The standard InChI is InChI=1S/C19H21Cl2N/c1-12-7-17-14(10-19(12)21)9-16(22(2)3)11-18(17)13-5-4-6-15(20)8-13/h4-8,10,16,18H,9,11H2,1-3H3/t16-,18-/m1/s1. The van der Waals surface area contributed by atoms with Crippen LogP contribution in [0.25, 0.3) is 0 Å². The van der Waals surface area contributed by atoms with Gasteiger partial charge in [-0.1, -0.05) is 41.4 Å². The average Bonchev–Trinajstić information content (AvgIpc) is 2.47. The lowest BCUT2D eigenvalue weighted by Gasteiger charge is -2.36. The molecule has 1 aliphatic carbocycles. The lowest BCUT2D eigenvalue weighted by molar-refractivity contribution is 0.258. The van der Waals surface area contributed by atoms with E-state index < -0.39 is 0 Å². The topological polar surface area (TPSA) is 3.24 Å². The highest BCUT2D eigenvalue weighted by Gasteiger charge is 2.29. The molecular weight excluding hydrogens is 313 g/mol. The summed E-state index contributed by atoms with van der Waals surface area (Å²) in [5.41, 5.74) is 5.21. The van der Waals surface area contributed by atoms with Gasteiger partial charge in [-0.15, -0.1) is 0 Å². The van der Waals surface area contributed by atoms with E-state index in [0.29, 0.717) is 12.0 Å². The fourth-order valence-corrected chi connectivity index (χ4v) is 3.80. The van der Waals surface area contributed by atoms with E-state index in [9.17, 15) is 0 Å². The third kappa shape index (κ3) is 3.03. The Hall–Kier alpha value is -1.02. The molecule has 0 fully saturated rings. The molecule has 0 heterocycles. The number of likely N-dealkylation sites (N-methyl/N-ethyl adjacent to an activating group) is 1. The van der Waals surface area contributed by atoms with E-state index in [1.54, 1.807) is 0 Å². The Morgan fingerprint density at radius 2 is 1.86 bits per heavy atom. The normalized spacial score (nSPS) is 21.0. The van der Waals surface area contributed by atoms with Gasteiger partial charge in [-0.05, 0) is 74.3 Å². The molecule has 0 unspecified atom stereocenters. The van der Waals surface area contributed by atoms with E-state index in [0.717, 1.165) is 28.5 Å². The van der Waals surface area contributed by atoms with Crippen molar-refractivity contribution in [2.45, 2.75) is 31.7 Å². The molecule has 0 bridgehead atoms. The van der Waals surface area contributed by atoms with E-state index >= 15 is 0 Å². The Bertz CT molecular complexity index is 694. The second-order valence-electron chi connectivity index (χ2n) is 6.47. The molecule has 0 spiro atoms. The first-order valence-corrected chi connectivity index (χ1v) is 8.42. The van der Waals surface area contributed by atoms with Crippen LogP contribution in [0.1, 0.15) is 34.6 Å². The van der Waals surface area contributed by atoms with Crippen molar-refractivity contribution in [3.63, 3.8) is 0 Å². The van der Waals surface area contributed by atoms with Crippen molar-refractivity contribution in [3.8, 4) is 0 Å². The van der Waals surface area contributed by atoms with E-state index in [1.165, 1.54) is 16.7 Å². The molecule has 0 saturated heterocycles. The van der Waals surface area contributed by atoms with E-state index in [2.05, 4.69) is 50.2 Å². The van der Waals surface area contributed by atoms with Crippen LogP contribution in [-0.2, 0) is 6.42 Å². The van der Waals surface area contributed by atoms with Gasteiger partial charge in [-0.25, -0.2) is 0 Å². The van der Waals surface area contributed by atoms with Gasteiger partial charge in [0.1, 0.15) is 0 Å². The van der Waals surface area contributed by atoms with Crippen LogP contribution in [0.4, 0.5) is 0 Å². The van der Waals surface area contributed by atoms with Crippen molar-refractivity contribution >= 4 is 23.2 Å². The monoisotopic (exact) mass is 333 g/mol. The highest BCUT2D eigenvalue weighted by Crippen LogP contribution is 2.40. The summed E-state index contributed by atoms with van der Waals surface area (Å²) >= 11 is 12.6. The molecule has 0 radical (unpaired) electrons. The lowest BCUT2D eigenvalue weighted by Crippen LogP contribution is -2.35. The Morgan fingerprint density at radius 1 is 1.09 bits per heavy atom. The SMILES string of the molecule is Cc1cc2c(cc1Cl)C[C@@H](N(C)C)C[C@@H]2c1cccc(Cl)c1. The first-order valence-electron chi connectivity index (χ1n) is 7.66. The maximum atomic E-state index is 6.36. The van der Waals surface area contributed by atoms with Crippen molar-refractivity contribution < 1.29 is 0 Å². The van der Waals surface area contributed by atoms with Crippen molar-refractivity contribution in [3.05, 3.63) is 68.7 Å². The number of rotatable bonds is 2. The first kappa shape index (κ1) is 15.9. The number of hydrogen-bond donors (Lipinski definition) is 0. The molecule has 1 aliphatic rings. The van der Waals surface area contributed by atoms with Gasteiger partial charge in [0.05, 0.1) is 0 Å². The third-order valence-corrected chi connectivity index (χ3v) is 5.38. The van der Waals surface area contributed by atoms with Gasteiger partial charge in [0.25, 0.3) is 0 Å². The predicted molar refractivity (Wildman–Crippen MR) is 95.3 cm³/mol. The van der Waals surface area contributed by atoms with Gasteiger partial charge in [0.15, 0.2) is 0 Å². The Morgan fingerprint density at radius 3 is 2.55 bits per heavy atom. The van der Waals surface area contributed by atoms with Crippen LogP contribution in [0.5, 0.6) is 0 Å². The fourth-order valence-electron chi connectivity index (χ4n) is 3.41. The van der Waals surface area contributed by atoms with Crippen LogP contribution in [0.3, 0.4) is 0 Å². The smallest absolute Gasteiger partial charge is 0.0438 e. The molecule has 3 rings (SSSR count). The molecular formula is C19H21Cl2N. The highest BCUT2D eigenvalue weighted by atomic mass is 35.5. The minimum Gasteiger partial charge on any atom is -0.306 e. The van der Waals surface area contributed by atoms with Crippen LogP contribution in [0, 0.1) is 6.92 Å². The molecule has 0 amide bonds. The van der Waals surface area contributed by atoms with Crippen LogP contribution < -0.4 is 0 Å². The van der Waals surface area contributed by atoms with Crippen molar-refractivity contribution in [2.24, 2.45) is 0 Å². The summed E-state index contributed by atoms with van der Waals surface area (Å²) in [4.78, 5) is 2.31. The molecule has 2 aromatic carbocycles. The number of halogens is 2. The molecule has 0 N–H and O–H groups in total. The van der Waals surface area contributed by atoms with Gasteiger partial charge in [-0.3, -0.25) is 0 Å². The van der Waals surface area contributed by atoms with Crippen LogP contribution in [0.2, 0.25) is 10.0 Å². The average molecular weight is 334 g/mol. The summed E-state index contributed by atoms with van der Waals surface area (Å²) in [6.45, 7) is 2.08. The summed E-state index contributed by atoms with van der Waals surface area (Å²) < 4.78 is 0. The number of fused-ring (bicyclic) bond motifs is 1. The van der Waals surface area contributed by atoms with Crippen LogP contribution >= 0.6 is 23.2 Å². The van der Waals surface area contributed by atoms with E-state index in [1.807, 2.05) is 12.1 Å². The number of benzene rings is 2. The molecule has 22 heavy (non-hydrogen) atoms. The van der Waals surface area contributed by atoms with Crippen molar-refractivity contribution in [1.82, 2.24) is 4.90 Å². The van der Waals surface area contributed by atoms with Crippen LogP contribution in [-0.4, -0.2) is 25.0 Å². The third-order valence-electron chi connectivity index (χ3n) is 4.74. The predicted octanol–water partition coefficient (Wildman–Crippen LogP) is 5.31. The van der Waals surface area contributed by atoms with Crippen molar-refractivity contribution in [2.75, 3.05) is 14.1 Å². The molecule has 0 saturated carbocycles. The van der Waals surface area contributed by atoms with Crippen LogP contribution in [0.15, 0.2) is 36.4 Å². The van der Waals surface area contributed by atoms with E-state index in [-0.39, 0.29) is 0 Å². The summed E-state index contributed by atoms with van der Waals surface area (Å²) in [5, 5.41) is 1.67. The number of aryl methyl sites for hydroxylation is 1. The Balaban J connectivity index is 2.11. The zero-order valence-corrected chi connectivity index (χ0v) is 14.7. The molecule has 2 aromatic rings. The molecule has 1 nitrogen and oxygen atoms in total. The summed E-state index contributed by atoms with van der Waals surface area (Å²) in [6, 6.07) is 13.2. The van der Waals surface area contributed by atoms with Crippen molar-refractivity contribution in [1.29, 1.82) is 0 Å². The minimum atomic E-state index is 0.380. The second kappa shape index (κ2) is 6.23. The minimum absolute atomic E-state index is 0.380. The molecule has 0 aliphatic heterocycles. The lowest BCUT2D eigenvalue weighted by atomic mass is 9.76.